The fourth-order valence-electron chi connectivity index (χ4n) is 1.87. The first kappa shape index (κ1) is 13.0. The summed E-state index contributed by atoms with van der Waals surface area (Å²) < 4.78 is 0. The smallest absolute Gasteiger partial charge is 0.0549 e. The predicted molar refractivity (Wildman–Crippen MR) is 82.0 cm³/mol. The largest absolute Gasteiger partial charge is 0.145 e. The minimum atomic E-state index is 0.393. The van der Waals surface area contributed by atoms with Gasteiger partial charge in [-0.1, -0.05) is 72.8 Å². The summed E-state index contributed by atoms with van der Waals surface area (Å²) in [4.78, 5) is 0. The minimum absolute atomic E-state index is 0.393. The maximum atomic E-state index is 3.99. The summed E-state index contributed by atoms with van der Waals surface area (Å²) >= 11 is 1.94. The fraction of sp³-hybridized carbons (Fsp3) is 0.176. The molecule has 0 aliphatic carbocycles. The van der Waals surface area contributed by atoms with E-state index in [0.29, 0.717) is 5.25 Å². The maximum Gasteiger partial charge on any atom is 0.0549 e. The van der Waals surface area contributed by atoms with Gasteiger partial charge in [-0.05, 0) is 18.1 Å². The van der Waals surface area contributed by atoms with Gasteiger partial charge in [0.25, 0.3) is 0 Å². The van der Waals surface area contributed by atoms with Crippen molar-refractivity contribution in [3.05, 3.63) is 83.9 Å². The van der Waals surface area contributed by atoms with Gasteiger partial charge in [-0.25, -0.2) is 0 Å². The van der Waals surface area contributed by atoms with E-state index in [2.05, 4.69) is 74.2 Å². The summed E-state index contributed by atoms with van der Waals surface area (Å²) in [5.74, 6) is 0.994. The number of hydrogen-bond acceptors (Lipinski definition) is 1. The van der Waals surface area contributed by atoms with Crippen LogP contribution in [0.5, 0.6) is 0 Å². The third-order valence-corrected chi connectivity index (χ3v) is 4.24. The van der Waals surface area contributed by atoms with Crippen LogP contribution in [0.3, 0.4) is 0 Å². The highest BCUT2D eigenvalue weighted by Crippen LogP contribution is 2.36. The second-order valence-electron chi connectivity index (χ2n) is 4.47. The zero-order chi connectivity index (χ0) is 12.8. The Morgan fingerprint density at radius 1 is 0.944 bits per heavy atom. The minimum Gasteiger partial charge on any atom is -0.145 e. The zero-order valence-corrected chi connectivity index (χ0v) is 11.5. The average molecular weight is 254 g/mol. The second kappa shape index (κ2) is 6.46. The highest BCUT2D eigenvalue weighted by molar-refractivity contribution is 7.99. The Hall–Kier alpha value is -1.47. The lowest BCUT2D eigenvalue weighted by atomic mass is 10.0. The Morgan fingerprint density at radius 2 is 1.39 bits per heavy atom. The van der Waals surface area contributed by atoms with Crippen LogP contribution in [0, 0.1) is 0 Å². The summed E-state index contributed by atoms with van der Waals surface area (Å²) in [6.07, 6.45) is 0. The lowest BCUT2D eigenvalue weighted by Crippen LogP contribution is -1.98. The van der Waals surface area contributed by atoms with Gasteiger partial charge in [0.15, 0.2) is 0 Å². The molecule has 0 radical (unpaired) electrons. The molecule has 2 aromatic rings. The van der Waals surface area contributed by atoms with Crippen molar-refractivity contribution in [2.75, 3.05) is 5.75 Å². The molecule has 0 spiro atoms. The lowest BCUT2D eigenvalue weighted by molar-refractivity contribution is 1.15. The third kappa shape index (κ3) is 3.51. The Balaban J connectivity index is 2.26. The Morgan fingerprint density at radius 3 is 1.78 bits per heavy atom. The Labute approximate surface area is 114 Å². The first-order valence-corrected chi connectivity index (χ1v) is 7.18. The Bertz CT molecular complexity index is 448. The van der Waals surface area contributed by atoms with E-state index in [0.717, 1.165) is 5.75 Å². The van der Waals surface area contributed by atoms with E-state index in [-0.39, 0.29) is 0 Å². The standard InChI is InChI=1S/C17H18S/c1-14(2)13-18-17(15-9-5-3-6-10-15)16-11-7-4-8-12-16/h3-12,17H,1,13H2,2H3. The average Bonchev–Trinajstić information content (AvgIpc) is 2.41. The molecule has 0 bridgehead atoms. The zero-order valence-electron chi connectivity index (χ0n) is 10.7. The normalized spacial score (nSPS) is 10.6. The van der Waals surface area contributed by atoms with Crippen molar-refractivity contribution in [1.29, 1.82) is 0 Å². The lowest BCUT2D eigenvalue weighted by Gasteiger charge is -2.17. The van der Waals surface area contributed by atoms with Gasteiger partial charge in [-0.15, -0.1) is 11.8 Å². The van der Waals surface area contributed by atoms with Gasteiger partial charge in [0.2, 0.25) is 0 Å². The quantitative estimate of drug-likeness (QED) is 0.670. The van der Waals surface area contributed by atoms with E-state index in [1.165, 1.54) is 16.7 Å². The molecule has 92 valence electrons. The molecule has 2 rings (SSSR count). The molecule has 0 aliphatic heterocycles. The van der Waals surface area contributed by atoms with E-state index < -0.39 is 0 Å². The van der Waals surface area contributed by atoms with Crippen LogP contribution < -0.4 is 0 Å². The first-order chi connectivity index (χ1) is 8.77. The second-order valence-corrected chi connectivity index (χ2v) is 5.56. The van der Waals surface area contributed by atoms with Crippen molar-refractivity contribution >= 4 is 11.8 Å². The third-order valence-electron chi connectivity index (χ3n) is 2.70. The van der Waals surface area contributed by atoms with E-state index in [4.69, 9.17) is 0 Å². The number of rotatable bonds is 5. The SMILES string of the molecule is C=C(C)CSC(c1ccccc1)c1ccccc1. The summed E-state index contributed by atoms with van der Waals surface area (Å²) in [5.41, 5.74) is 3.93. The van der Waals surface area contributed by atoms with Crippen LogP contribution in [0.1, 0.15) is 23.3 Å². The van der Waals surface area contributed by atoms with Crippen LogP contribution in [-0.4, -0.2) is 5.75 Å². The first-order valence-electron chi connectivity index (χ1n) is 6.13. The molecular weight excluding hydrogens is 236 g/mol. The van der Waals surface area contributed by atoms with Crippen LogP contribution in [0.25, 0.3) is 0 Å². The van der Waals surface area contributed by atoms with Gasteiger partial charge in [-0.2, -0.15) is 0 Å². The molecule has 0 heterocycles. The fourth-order valence-corrected chi connectivity index (χ4v) is 3.02. The summed E-state index contributed by atoms with van der Waals surface area (Å²) in [5, 5.41) is 0.393. The van der Waals surface area contributed by atoms with Crippen LogP contribution in [-0.2, 0) is 0 Å². The maximum absolute atomic E-state index is 3.99. The number of hydrogen-bond donors (Lipinski definition) is 0. The van der Waals surface area contributed by atoms with Gasteiger partial charge < -0.3 is 0 Å². The molecule has 0 saturated heterocycles. The monoisotopic (exact) mass is 254 g/mol. The molecule has 18 heavy (non-hydrogen) atoms. The molecule has 2 aromatic carbocycles. The topological polar surface area (TPSA) is 0 Å². The summed E-state index contributed by atoms with van der Waals surface area (Å²) in [7, 11) is 0. The molecule has 0 N–H and O–H groups in total. The van der Waals surface area contributed by atoms with E-state index >= 15 is 0 Å². The molecule has 0 aromatic heterocycles. The highest BCUT2D eigenvalue weighted by Gasteiger charge is 2.13. The molecule has 0 unspecified atom stereocenters. The molecule has 0 atom stereocenters. The van der Waals surface area contributed by atoms with Crippen molar-refractivity contribution in [3.8, 4) is 0 Å². The van der Waals surface area contributed by atoms with Crippen LogP contribution in [0.4, 0.5) is 0 Å². The summed E-state index contributed by atoms with van der Waals surface area (Å²) in [6.45, 7) is 6.08. The van der Waals surface area contributed by atoms with Crippen LogP contribution in [0.15, 0.2) is 72.8 Å². The van der Waals surface area contributed by atoms with E-state index in [1.54, 1.807) is 0 Å². The van der Waals surface area contributed by atoms with Crippen molar-refractivity contribution in [2.45, 2.75) is 12.2 Å². The summed E-state index contributed by atoms with van der Waals surface area (Å²) in [6, 6.07) is 21.3. The molecule has 1 heteroatoms. The van der Waals surface area contributed by atoms with Gasteiger partial charge in [0, 0.05) is 5.75 Å². The van der Waals surface area contributed by atoms with Crippen molar-refractivity contribution in [1.82, 2.24) is 0 Å². The van der Waals surface area contributed by atoms with E-state index in [1.807, 2.05) is 11.8 Å². The molecule has 0 aliphatic rings. The van der Waals surface area contributed by atoms with Gasteiger partial charge in [0.05, 0.1) is 5.25 Å². The highest BCUT2D eigenvalue weighted by atomic mass is 32.2. The predicted octanol–water partition coefficient (Wildman–Crippen LogP) is 5.09. The van der Waals surface area contributed by atoms with Gasteiger partial charge in [0.1, 0.15) is 0 Å². The van der Waals surface area contributed by atoms with E-state index in [9.17, 15) is 0 Å². The number of thioether (sulfide) groups is 1. The van der Waals surface area contributed by atoms with Crippen molar-refractivity contribution in [3.63, 3.8) is 0 Å². The number of benzene rings is 2. The molecule has 0 fully saturated rings. The Kier molecular flexibility index (Phi) is 4.66. The van der Waals surface area contributed by atoms with Crippen LogP contribution >= 0.6 is 11.8 Å². The molecule has 0 amide bonds. The van der Waals surface area contributed by atoms with Crippen molar-refractivity contribution < 1.29 is 0 Å². The van der Waals surface area contributed by atoms with Gasteiger partial charge >= 0.3 is 0 Å². The molecule has 0 saturated carbocycles. The van der Waals surface area contributed by atoms with Gasteiger partial charge in [-0.3, -0.25) is 0 Å². The van der Waals surface area contributed by atoms with Crippen molar-refractivity contribution in [2.24, 2.45) is 0 Å². The molecular formula is C17H18S. The molecule has 0 nitrogen and oxygen atoms in total. The van der Waals surface area contributed by atoms with Crippen LogP contribution in [0.2, 0.25) is 0 Å².